The van der Waals surface area contributed by atoms with Crippen molar-refractivity contribution in [1.82, 2.24) is 0 Å². The van der Waals surface area contributed by atoms with Crippen LogP contribution < -0.4 is 0 Å². The summed E-state index contributed by atoms with van der Waals surface area (Å²) in [6, 6.07) is 7.50. The third-order valence-corrected chi connectivity index (χ3v) is 9.12. The topological polar surface area (TPSA) is 0 Å². The van der Waals surface area contributed by atoms with Gasteiger partial charge in [-0.05, 0) is 100 Å². The quantitative estimate of drug-likeness (QED) is 0.334. The Kier molecular flexibility index (Phi) is 9.93. The minimum absolute atomic E-state index is 0.0118. The summed E-state index contributed by atoms with van der Waals surface area (Å²) in [5, 5.41) is 0. The van der Waals surface area contributed by atoms with Crippen molar-refractivity contribution in [3.63, 3.8) is 0 Å². The molecule has 0 spiro atoms. The normalized spacial score (nSPS) is 15.2. The Morgan fingerprint density at radius 2 is 0.628 bits per heavy atom. The van der Waals surface area contributed by atoms with E-state index in [1.807, 2.05) is 0 Å². The van der Waals surface area contributed by atoms with E-state index < -0.39 is 0 Å². The van der Waals surface area contributed by atoms with E-state index in [4.69, 9.17) is 0 Å². The Morgan fingerprint density at radius 3 is 0.860 bits per heavy atom. The van der Waals surface area contributed by atoms with Gasteiger partial charge in [0.15, 0.2) is 0 Å². The lowest BCUT2D eigenvalue weighted by molar-refractivity contribution is 0.452. The first-order chi connectivity index (χ1) is 18.7. The molecule has 2 aromatic rings. The molecule has 0 saturated carbocycles. The molecule has 0 amide bonds. The standard InChI is InChI=1S/C43H72/c1-27(28-24-29(37(2,3)4)26-30(25-28)38(5,6)7)23-31-32(39(8,9)10)34(41(14,15)16)36(43(20,21)22)35(42(17,18)19)33(31)40(11,12)13/h24-27H,23H2,1-22H3. The molecular formula is C43H72. The molecule has 1 atom stereocenters. The second-order valence-electron chi connectivity index (χ2n) is 21.1. The van der Waals surface area contributed by atoms with Crippen LogP contribution in [0.2, 0.25) is 0 Å². The maximum atomic E-state index is 2.52. The van der Waals surface area contributed by atoms with Crippen molar-refractivity contribution < 1.29 is 0 Å². The van der Waals surface area contributed by atoms with Crippen LogP contribution in [0.15, 0.2) is 18.2 Å². The molecule has 0 saturated heterocycles. The van der Waals surface area contributed by atoms with E-state index >= 15 is 0 Å². The van der Waals surface area contributed by atoms with Crippen LogP contribution in [0.4, 0.5) is 0 Å². The molecule has 0 aliphatic rings. The smallest absolute Gasteiger partial charge is 0.0126 e. The molecule has 0 radical (unpaired) electrons. The Bertz CT molecular complexity index is 1210. The van der Waals surface area contributed by atoms with E-state index in [-0.39, 0.29) is 37.9 Å². The van der Waals surface area contributed by atoms with Crippen molar-refractivity contribution in [2.24, 2.45) is 0 Å². The lowest BCUT2D eigenvalue weighted by Crippen LogP contribution is -2.37. The van der Waals surface area contributed by atoms with Crippen LogP contribution in [-0.2, 0) is 44.3 Å². The molecule has 0 nitrogen and oxygen atoms in total. The highest BCUT2D eigenvalue weighted by molar-refractivity contribution is 5.63. The second-order valence-corrected chi connectivity index (χ2v) is 21.1. The largest absolute Gasteiger partial charge is 0.0581 e. The fourth-order valence-electron chi connectivity index (χ4n) is 7.14. The summed E-state index contributed by atoms with van der Waals surface area (Å²) < 4.78 is 0. The van der Waals surface area contributed by atoms with Gasteiger partial charge in [0, 0.05) is 0 Å². The van der Waals surface area contributed by atoms with Gasteiger partial charge in [-0.2, -0.15) is 0 Å². The van der Waals surface area contributed by atoms with Crippen molar-refractivity contribution in [3.05, 3.63) is 68.3 Å². The summed E-state index contributed by atoms with van der Waals surface area (Å²) in [7, 11) is 0. The van der Waals surface area contributed by atoms with Gasteiger partial charge < -0.3 is 0 Å². The van der Waals surface area contributed by atoms with Crippen LogP contribution in [-0.4, -0.2) is 0 Å². The molecule has 0 heterocycles. The van der Waals surface area contributed by atoms with Crippen molar-refractivity contribution in [3.8, 4) is 0 Å². The molecular weight excluding hydrogens is 516 g/mol. The van der Waals surface area contributed by atoms with Crippen molar-refractivity contribution in [2.75, 3.05) is 0 Å². The fourth-order valence-corrected chi connectivity index (χ4v) is 7.14. The molecule has 0 aliphatic carbocycles. The van der Waals surface area contributed by atoms with Crippen LogP contribution >= 0.6 is 0 Å². The zero-order valence-electron chi connectivity index (χ0n) is 33.0. The third-order valence-electron chi connectivity index (χ3n) is 9.12. The zero-order chi connectivity index (χ0) is 34.1. The van der Waals surface area contributed by atoms with Gasteiger partial charge in [0.2, 0.25) is 0 Å². The molecule has 0 heteroatoms. The Balaban J connectivity index is 3.26. The minimum Gasteiger partial charge on any atom is -0.0581 e. The minimum atomic E-state index is 0.0118. The van der Waals surface area contributed by atoms with Crippen molar-refractivity contribution in [1.29, 1.82) is 0 Å². The summed E-state index contributed by atoms with van der Waals surface area (Å²) >= 11 is 0. The van der Waals surface area contributed by atoms with Gasteiger partial charge in [-0.3, -0.25) is 0 Å². The molecule has 0 fully saturated rings. The van der Waals surface area contributed by atoms with Gasteiger partial charge in [-0.15, -0.1) is 0 Å². The van der Waals surface area contributed by atoms with Gasteiger partial charge in [-0.25, -0.2) is 0 Å². The summed E-state index contributed by atoms with van der Waals surface area (Å²) in [4.78, 5) is 0. The molecule has 0 aromatic heterocycles. The van der Waals surface area contributed by atoms with Gasteiger partial charge in [0.1, 0.15) is 0 Å². The lowest BCUT2D eigenvalue weighted by atomic mass is 9.58. The van der Waals surface area contributed by atoms with Crippen LogP contribution in [0.1, 0.15) is 208 Å². The SMILES string of the molecule is CC(Cc1c(C(C)(C)C)c(C(C)(C)C)c(C(C)(C)C)c(C(C)(C)C)c1C(C)(C)C)c1cc(C(C)(C)C)cc(C(C)(C)C)c1. The van der Waals surface area contributed by atoms with Crippen LogP contribution in [0.25, 0.3) is 0 Å². The Hall–Kier alpha value is -1.56. The van der Waals surface area contributed by atoms with Crippen molar-refractivity contribution >= 4 is 0 Å². The number of benzene rings is 2. The van der Waals surface area contributed by atoms with Gasteiger partial charge in [-0.1, -0.05) is 171 Å². The molecule has 0 bridgehead atoms. The highest BCUT2D eigenvalue weighted by Gasteiger charge is 2.42. The molecule has 244 valence electrons. The first-order valence-corrected chi connectivity index (χ1v) is 17.1. The van der Waals surface area contributed by atoms with Gasteiger partial charge >= 0.3 is 0 Å². The number of hydrogen-bond acceptors (Lipinski definition) is 0. The van der Waals surface area contributed by atoms with Crippen LogP contribution in [0, 0.1) is 0 Å². The molecule has 0 N–H and O–H groups in total. The monoisotopic (exact) mass is 589 g/mol. The van der Waals surface area contributed by atoms with Crippen LogP contribution in [0.3, 0.4) is 0 Å². The number of hydrogen-bond donors (Lipinski definition) is 0. The first kappa shape index (κ1) is 37.6. The van der Waals surface area contributed by atoms with E-state index in [1.54, 1.807) is 33.4 Å². The first-order valence-electron chi connectivity index (χ1n) is 17.1. The van der Waals surface area contributed by atoms with E-state index in [0.29, 0.717) is 5.92 Å². The Labute approximate surface area is 270 Å². The van der Waals surface area contributed by atoms with Gasteiger partial charge in [0.05, 0.1) is 0 Å². The molecule has 1 unspecified atom stereocenters. The third kappa shape index (κ3) is 8.38. The highest BCUT2D eigenvalue weighted by atomic mass is 14.5. The van der Waals surface area contributed by atoms with E-state index in [1.165, 1.54) is 16.7 Å². The maximum absolute atomic E-state index is 2.52. The molecule has 0 aliphatic heterocycles. The average molecular weight is 589 g/mol. The summed E-state index contributed by atoms with van der Waals surface area (Å²) in [6.07, 6.45) is 1.05. The highest BCUT2D eigenvalue weighted by Crippen LogP contribution is 2.52. The summed E-state index contributed by atoms with van der Waals surface area (Å²) in [5.41, 5.74) is 14.2. The molecule has 2 aromatic carbocycles. The van der Waals surface area contributed by atoms with Crippen molar-refractivity contribution in [2.45, 2.75) is 203 Å². The zero-order valence-corrected chi connectivity index (χ0v) is 33.0. The van der Waals surface area contributed by atoms with E-state index in [9.17, 15) is 0 Å². The predicted octanol–water partition coefficient (Wildman–Crippen LogP) is 13.1. The van der Waals surface area contributed by atoms with Gasteiger partial charge in [0.25, 0.3) is 0 Å². The van der Waals surface area contributed by atoms with E-state index in [2.05, 4.69) is 171 Å². The lowest BCUT2D eigenvalue weighted by Gasteiger charge is -2.46. The predicted molar refractivity (Wildman–Crippen MR) is 196 cm³/mol. The Morgan fingerprint density at radius 1 is 0.372 bits per heavy atom. The summed E-state index contributed by atoms with van der Waals surface area (Å²) in [5.74, 6) is 0.395. The molecule has 43 heavy (non-hydrogen) atoms. The summed E-state index contributed by atoms with van der Waals surface area (Å²) in [6.45, 7) is 53.4. The van der Waals surface area contributed by atoms with Crippen LogP contribution in [0.5, 0.6) is 0 Å². The average Bonchev–Trinajstić information content (AvgIpc) is 2.72. The second kappa shape index (κ2) is 11.4. The number of rotatable bonds is 3. The maximum Gasteiger partial charge on any atom is -0.0126 e. The molecule has 2 rings (SSSR count). The fraction of sp³-hybridized carbons (Fsp3) is 0.721. The van der Waals surface area contributed by atoms with E-state index in [0.717, 1.165) is 6.42 Å².